The summed E-state index contributed by atoms with van der Waals surface area (Å²) in [6.45, 7) is 5.41. The van der Waals surface area contributed by atoms with Crippen molar-refractivity contribution in [3.63, 3.8) is 0 Å². The summed E-state index contributed by atoms with van der Waals surface area (Å²) in [7, 11) is 0. The zero-order chi connectivity index (χ0) is 11.5. The predicted octanol–water partition coefficient (Wildman–Crippen LogP) is 2.28. The van der Waals surface area contributed by atoms with Gasteiger partial charge in [-0.05, 0) is 23.6 Å². The number of hydrogen-bond acceptors (Lipinski definition) is 2. The highest BCUT2D eigenvalue weighted by molar-refractivity contribution is 5.36. The Kier molecular flexibility index (Phi) is 3.62. The Morgan fingerprint density at radius 1 is 1.44 bits per heavy atom. The molecule has 2 N–H and O–H groups in total. The van der Waals surface area contributed by atoms with Crippen molar-refractivity contribution in [2.45, 2.75) is 38.8 Å². The Hall–Kier alpha value is -0.860. The van der Waals surface area contributed by atoms with E-state index in [0.29, 0.717) is 5.92 Å². The average Bonchev–Trinajstić information content (AvgIpc) is 2.62. The van der Waals surface area contributed by atoms with Crippen LogP contribution in [0.1, 0.15) is 37.4 Å². The summed E-state index contributed by atoms with van der Waals surface area (Å²) < 4.78 is 0. The summed E-state index contributed by atoms with van der Waals surface area (Å²) in [6.07, 6.45) is 1.70. The second kappa shape index (κ2) is 4.98. The standard InChI is InChI=1S/C14H21NO/c1-3-10(2)9-15-14-12-7-5-4-6-11(12)8-13(14)16/h4-7,10,13-16H,3,8-9H2,1-2H3. The zero-order valence-electron chi connectivity index (χ0n) is 10.1. The molecule has 0 bridgehead atoms. The van der Waals surface area contributed by atoms with E-state index in [1.807, 2.05) is 6.07 Å². The van der Waals surface area contributed by atoms with Gasteiger partial charge in [-0.15, -0.1) is 0 Å². The molecule has 0 amide bonds. The van der Waals surface area contributed by atoms with Crippen molar-refractivity contribution >= 4 is 0 Å². The lowest BCUT2D eigenvalue weighted by Crippen LogP contribution is -2.31. The number of rotatable bonds is 4. The number of aliphatic hydroxyl groups is 1. The highest BCUT2D eigenvalue weighted by Crippen LogP contribution is 2.31. The van der Waals surface area contributed by atoms with Gasteiger partial charge >= 0.3 is 0 Å². The predicted molar refractivity (Wildman–Crippen MR) is 66.4 cm³/mol. The van der Waals surface area contributed by atoms with Gasteiger partial charge in [-0.2, -0.15) is 0 Å². The molecule has 1 aromatic rings. The van der Waals surface area contributed by atoms with Crippen LogP contribution in [0.25, 0.3) is 0 Å². The molecule has 3 unspecified atom stereocenters. The second-order valence-electron chi connectivity index (χ2n) is 4.87. The molecule has 88 valence electrons. The van der Waals surface area contributed by atoms with E-state index in [9.17, 15) is 5.11 Å². The molecule has 3 atom stereocenters. The molecule has 0 spiro atoms. The van der Waals surface area contributed by atoms with Crippen LogP contribution < -0.4 is 5.32 Å². The molecule has 0 saturated carbocycles. The van der Waals surface area contributed by atoms with Crippen LogP contribution in [0.4, 0.5) is 0 Å². The van der Waals surface area contributed by atoms with Gasteiger partial charge in [0.1, 0.15) is 0 Å². The first kappa shape index (κ1) is 11.6. The topological polar surface area (TPSA) is 32.3 Å². The van der Waals surface area contributed by atoms with Gasteiger partial charge in [0.05, 0.1) is 12.1 Å². The summed E-state index contributed by atoms with van der Waals surface area (Å²) in [4.78, 5) is 0. The molecule has 1 aliphatic rings. The number of hydrogen-bond donors (Lipinski definition) is 2. The fourth-order valence-corrected chi connectivity index (χ4v) is 2.29. The number of fused-ring (bicyclic) bond motifs is 1. The molecule has 2 nitrogen and oxygen atoms in total. The van der Waals surface area contributed by atoms with Gasteiger partial charge in [0, 0.05) is 6.42 Å². The molecule has 0 saturated heterocycles. The molecule has 0 aromatic heterocycles. The van der Waals surface area contributed by atoms with Crippen LogP contribution in [0.2, 0.25) is 0 Å². The fourth-order valence-electron chi connectivity index (χ4n) is 2.29. The maximum absolute atomic E-state index is 10.0. The minimum absolute atomic E-state index is 0.130. The van der Waals surface area contributed by atoms with Crippen LogP contribution in [-0.2, 0) is 6.42 Å². The minimum Gasteiger partial charge on any atom is -0.391 e. The minimum atomic E-state index is -0.263. The highest BCUT2D eigenvalue weighted by atomic mass is 16.3. The third-order valence-corrected chi connectivity index (χ3v) is 3.59. The molecular formula is C14H21NO. The first-order valence-electron chi connectivity index (χ1n) is 6.21. The molecule has 0 aliphatic heterocycles. The van der Waals surface area contributed by atoms with Crippen LogP contribution in [0, 0.1) is 5.92 Å². The highest BCUT2D eigenvalue weighted by Gasteiger charge is 2.30. The maximum Gasteiger partial charge on any atom is 0.0775 e. The third kappa shape index (κ3) is 2.28. The van der Waals surface area contributed by atoms with Gasteiger partial charge in [0.25, 0.3) is 0 Å². The molecule has 0 fully saturated rings. The van der Waals surface area contributed by atoms with Crippen molar-refractivity contribution in [1.29, 1.82) is 0 Å². The van der Waals surface area contributed by atoms with Crippen molar-refractivity contribution in [3.05, 3.63) is 35.4 Å². The van der Waals surface area contributed by atoms with E-state index >= 15 is 0 Å². The number of aliphatic hydroxyl groups excluding tert-OH is 1. The molecule has 2 heteroatoms. The lowest BCUT2D eigenvalue weighted by molar-refractivity contribution is 0.139. The monoisotopic (exact) mass is 219 g/mol. The Bertz CT molecular complexity index is 350. The van der Waals surface area contributed by atoms with E-state index in [0.717, 1.165) is 13.0 Å². The summed E-state index contributed by atoms with van der Waals surface area (Å²) in [5.74, 6) is 0.667. The van der Waals surface area contributed by atoms with E-state index in [2.05, 4.69) is 37.4 Å². The van der Waals surface area contributed by atoms with E-state index in [1.54, 1.807) is 0 Å². The first-order chi connectivity index (χ1) is 7.72. The van der Waals surface area contributed by atoms with E-state index in [4.69, 9.17) is 0 Å². The SMILES string of the molecule is CCC(C)CNC1c2ccccc2CC1O. The summed E-state index contributed by atoms with van der Waals surface area (Å²) in [5, 5.41) is 13.5. The molecular weight excluding hydrogens is 198 g/mol. The number of nitrogens with one attached hydrogen (secondary N) is 1. The Balaban J connectivity index is 2.04. The van der Waals surface area contributed by atoms with Gasteiger partial charge in [-0.3, -0.25) is 0 Å². The maximum atomic E-state index is 10.0. The van der Waals surface area contributed by atoms with Gasteiger partial charge in [-0.1, -0.05) is 44.5 Å². The molecule has 0 radical (unpaired) electrons. The van der Waals surface area contributed by atoms with Crippen LogP contribution >= 0.6 is 0 Å². The quantitative estimate of drug-likeness (QED) is 0.814. The van der Waals surface area contributed by atoms with Gasteiger partial charge in [-0.25, -0.2) is 0 Å². The molecule has 2 rings (SSSR count). The molecule has 0 heterocycles. The fraction of sp³-hybridized carbons (Fsp3) is 0.571. The Morgan fingerprint density at radius 2 is 2.19 bits per heavy atom. The van der Waals surface area contributed by atoms with Crippen LogP contribution in [0.15, 0.2) is 24.3 Å². The molecule has 1 aliphatic carbocycles. The largest absolute Gasteiger partial charge is 0.391 e. The zero-order valence-corrected chi connectivity index (χ0v) is 10.1. The van der Waals surface area contributed by atoms with Crippen molar-refractivity contribution in [1.82, 2.24) is 5.32 Å². The summed E-state index contributed by atoms with van der Waals surface area (Å²) in [6, 6.07) is 8.46. The summed E-state index contributed by atoms with van der Waals surface area (Å²) >= 11 is 0. The first-order valence-corrected chi connectivity index (χ1v) is 6.21. The second-order valence-corrected chi connectivity index (χ2v) is 4.87. The molecule has 16 heavy (non-hydrogen) atoms. The van der Waals surface area contributed by atoms with Crippen molar-refractivity contribution in [2.75, 3.05) is 6.54 Å². The average molecular weight is 219 g/mol. The Labute approximate surface area is 97.7 Å². The van der Waals surface area contributed by atoms with Crippen LogP contribution in [0.3, 0.4) is 0 Å². The lowest BCUT2D eigenvalue weighted by Gasteiger charge is -2.20. The lowest BCUT2D eigenvalue weighted by atomic mass is 10.1. The van der Waals surface area contributed by atoms with E-state index in [1.165, 1.54) is 17.5 Å². The number of benzene rings is 1. The van der Waals surface area contributed by atoms with E-state index < -0.39 is 0 Å². The Morgan fingerprint density at radius 3 is 2.94 bits per heavy atom. The van der Waals surface area contributed by atoms with Crippen LogP contribution in [-0.4, -0.2) is 17.8 Å². The normalized spacial score (nSPS) is 25.4. The summed E-state index contributed by atoms with van der Waals surface area (Å²) in [5.41, 5.74) is 2.56. The van der Waals surface area contributed by atoms with Crippen molar-refractivity contribution < 1.29 is 5.11 Å². The van der Waals surface area contributed by atoms with Crippen LogP contribution in [0.5, 0.6) is 0 Å². The van der Waals surface area contributed by atoms with Gasteiger partial charge in [0.15, 0.2) is 0 Å². The molecule has 1 aromatic carbocycles. The third-order valence-electron chi connectivity index (χ3n) is 3.59. The van der Waals surface area contributed by atoms with Gasteiger partial charge < -0.3 is 10.4 Å². The van der Waals surface area contributed by atoms with Crippen molar-refractivity contribution in [2.24, 2.45) is 5.92 Å². The van der Waals surface area contributed by atoms with Crippen molar-refractivity contribution in [3.8, 4) is 0 Å². The smallest absolute Gasteiger partial charge is 0.0775 e. The van der Waals surface area contributed by atoms with E-state index in [-0.39, 0.29) is 12.1 Å². The van der Waals surface area contributed by atoms with Gasteiger partial charge in [0.2, 0.25) is 0 Å².